The van der Waals surface area contributed by atoms with Crippen LogP contribution in [0.3, 0.4) is 0 Å². The minimum Gasteiger partial charge on any atom is -0.479 e. The minimum absolute atomic E-state index is 0.611. The summed E-state index contributed by atoms with van der Waals surface area (Å²) in [4.78, 5) is 10.3. The fourth-order valence-corrected chi connectivity index (χ4v) is 0.732. The maximum atomic E-state index is 10.3. The molecule has 3 nitrogen and oxygen atoms in total. The fraction of sp³-hybridized carbons (Fsp3) is 0.833. The van der Waals surface area contributed by atoms with Crippen LogP contribution in [-0.2, 0) is 9.45 Å². The highest BCUT2D eigenvalue weighted by molar-refractivity contribution is 5.99. The van der Waals surface area contributed by atoms with Crippen molar-refractivity contribution in [3.05, 3.63) is 0 Å². The predicted octanol–water partition coefficient (Wildman–Crippen LogP) is 0.194. The van der Waals surface area contributed by atoms with Crippen LogP contribution in [0.2, 0.25) is 0 Å². The van der Waals surface area contributed by atoms with Crippen molar-refractivity contribution in [2.45, 2.75) is 32.3 Å². The first kappa shape index (κ1) is 9.49. The first-order valence-electron chi connectivity index (χ1n) is 3.48. The van der Waals surface area contributed by atoms with E-state index >= 15 is 0 Å². The maximum Gasteiger partial charge on any atom is 0.331 e. The molecule has 0 aliphatic heterocycles. The molecule has 58 valence electrons. The Bertz CT molecular complexity index is 105. The minimum atomic E-state index is -0.865. The molecule has 0 aromatic heterocycles. The van der Waals surface area contributed by atoms with E-state index in [1.165, 1.54) is 8.05 Å². The Morgan fingerprint density at radius 3 is 2.70 bits per heavy atom. The molecule has 1 atom stereocenters. The zero-order chi connectivity index (χ0) is 7.98. The van der Waals surface area contributed by atoms with Gasteiger partial charge in [-0.3, -0.25) is 0 Å². The van der Waals surface area contributed by atoms with Crippen LogP contribution in [0.4, 0.5) is 0 Å². The van der Waals surface area contributed by atoms with Gasteiger partial charge in [0.15, 0.2) is 0 Å². The van der Waals surface area contributed by atoms with Gasteiger partial charge in [-0.1, -0.05) is 19.8 Å². The zero-order valence-electron chi connectivity index (χ0n) is 6.46. The number of carboxylic acid groups (broad SMARTS) is 1. The topological polar surface area (TPSA) is 46.5 Å². The van der Waals surface area contributed by atoms with Crippen LogP contribution in [0.15, 0.2) is 0 Å². The maximum absolute atomic E-state index is 10.3. The van der Waals surface area contributed by atoms with Crippen molar-refractivity contribution in [3.8, 4) is 0 Å². The molecule has 0 aromatic carbocycles. The lowest BCUT2D eigenvalue weighted by Crippen LogP contribution is -2.22. The third-order valence-electron chi connectivity index (χ3n) is 1.38. The molecule has 0 aliphatic carbocycles. The van der Waals surface area contributed by atoms with Crippen LogP contribution >= 0.6 is 0 Å². The standard InChI is InChI=1S/C6H13BO3/c1-2-3-4-5(10-7)6(8)9/h5H,2-4,7H2,1H3,(H,8,9). The van der Waals surface area contributed by atoms with Crippen molar-refractivity contribution in [2.24, 2.45) is 0 Å². The summed E-state index contributed by atoms with van der Waals surface area (Å²) in [6, 6.07) is 0. The van der Waals surface area contributed by atoms with Crippen molar-refractivity contribution in [2.75, 3.05) is 0 Å². The van der Waals surface area contributed by atoms with Crippen LogP contribution in [-0.4, -0.2) is 25.2 Å². The van der Waals surface area contributed by atoms with Gasteiger partial charge >= 0.3 is 5.97 Å². The predicted molar refractivity (Wildman–Crippen MR) is 40.6 cm³/mol. The second-order valence-corrected chi connectivity index (χ2v) is 2.20. The van der Waals surface area contributed by atoms with Crippen LogP contribution in [0, 0.1) is 0 Å². The van der Waals surface area contributed by atoms with Crippen molar-refractivity contribution < 1.29 is 14.6 Å². The molecule has 0 amide bonds. The van der Waals surface area contributed by atoms with E-state index in [0.717, 1.165) is 12.8 Å². The van der Waals surface area contributed by atoms with Crippen LogP contribution < -0.4 is 0 Å². The Kier molecular flexibility index (Phi) is 5.03. The van der Waals surface area contributed by atoms with Gasteiger partial charge in [0.2, 0.25) is 0 Å². The second-order valence-electron chi connectivity index (χ2n) is 2.20. The Labute approximate surface area is 61.8 Å². The van der Waals surface area contributed by atoms with Crippen molar-refractivity contribution >= 4 is 14.0 Å². The van der Waals surface area contributed by atoms with E-state index in [2.05, 4.69) is 0 Å². The first-order chi connectivity index (χ1) is 4.72. The summed E-state index contributed by atoms with van der Waals surface area (Å²) < 4.78 is 4.71. The number of carbonyl (C=O) groups is 1. The third kappa shape index (κ3) is 3.51. The Morgan fingerprint density at radius 1 is 1.80 bits per heavy atom. The average Bonchev–Trinajstić information content (AvgIpc) is 1.89. The van der Waals surface area contributed by atoms with E-state index in [4.69, 9.17) is 9.76 Å². The zero-order valence-corrected chi connectivity index (χ0v) is 6.46. The van der Waals surface area contributed by atoms with E-state index in [0.29, 0.717) is 6.42 Å². The highest BCUT2D eigenvalue weighted by Gasteiger charge is 2.13. The lowest BCUT2D eigenvalue weighted by atomic mass is 10.1. The quantitative estimate of drug-likeness (QED) is 0.560. The molecule has 0 aliphatic rings. The van der Waals surface area contributed by atoms with E-state index in [1.807, 2.05) is 6.92 Å². The normalized spacial score (nSPS) is 12.9. The van der Waals surface area contributed by atoms with Gasteiger partial charge in [0, 0.05) is 0 Å². The molecule has 4 heteroatoms. The molecular formula is C6H13BO3. The molecule has 0 spiro atoms. The van der Waals surface area contributed by atoms with Gasteiger partial charge in [-0.25, -0.2) is 4.79 Å². The van der Waals surface area contributed by atoms with Gasteiger partial charge in [0.05, 0.1) is 0 Å². The molecule has 0 rings (SSSR count). The summed E-state index contributed by atoms with van der Waals surface area (Å²) in [5, 5.41) is 8.47. The molecular weight excluding hydrogens is 131 g/mol. The Balaban J connectivity index is 3.50. The number of hydrogen-bond acceptors (Lipinski definition) is 2. The molecule has 0 aromatic rings. The molecule has 1 N–H and O–H groups in total. The molecule has 0 fully saturated rings. The molecule has 0 heterocycles. The first-order valence-corrected chi connectivity index (χ1v) is 3.48. The number of aliphatic carboxylic acids is 1. The lowest BCUT2D eigenvalue weighted by Gasteiger charge is -2.08. The van der Waals surface area contributed by atoms with Crippen molar-refractivity contribution in [1.29, 1.82) is 0 Å². The number of carboxylic acids is 1. The Morgan fingerprint density at radius 2 is 2.40 bits per heavy atom. The van der Waals surface area contributed by atoms with Gasteiger partial charge in [-0.05, 0) is 6.42 Å². The highest BCUT2D eigenvalue weighted by Crippen LogP contribution is 2.02. The molecule has 1 unspecified atom stereocenters. The number of unbranched alkanes of at least 4 members (excludes halogenated alkanes) is 1. The van der Waals surface area contributed by atoms with Crippen molar-refractivity contribution in [1.82, 2.24) is 0 Å². The number of rotatable bonds is 5. The summed E-state index contributed by atoms with van der Waals surface area (Å²) in [6.07, 6.45) is 1.92. The van der Waals surface area contributed by atoms with Crippen molar-refractivity contribution in [3.63, 3.8) is 0 Å². The monoisotopic (exact) mass is 144 g/mol. The van der Waals surface area contributed by atoms with Gasteiger partial charge in [-0.2, -0.15) is 0 Å². The molecule has 0 saturated carbocycles. The van der Waals surface area contributed by atoms with E-state index < -0.39 is 12.1 Å². The second kappa shape index (κ2) is 5.29. The summed E-state index contributed by atoms with van der Waals surface area (Å²) in [5.74, 6) is -0.865. The largest absolute Gasteiger partial charge is 0.479 e. The van der Waals surface area contributed by atoms with Crippen LogP contribution in [0.1, 0.15) is 26.2 Å². The Hall–Kier alpha value is -0.505. The van der Waals surface area contributed by atoms with Gasteiger partial charge in [0.1, 0.15) is 6.10 Å². The molecule has 0 bridgehead atoms. The smallest absolute Gasteiger partial charge is 0.331 e. The van der Waals surface area contributed by atoms with E-state index in [-0.39, 0.29) is 0 Å². The molecule has 10 heavy (non-hydrogen) atoms. The SMILES string of the molecule is BOC(CCCC)C(=O)O. The summed E-state index contributed by atoms with van der Waals surface area (Å²) in [5.41, 5.74) is 0. The van der Waals surface area contributed by atoms with E-state index in [9.17, 15) is 4.79 Å². The highest BCUT2D eigenvalue weighted by atomic mass is 16.5. The lowest BCUT2D eigenvalue weighted by molar-refractivity contribution is -0.145. The third-order valence-corrected chi connectivity index (χ3v) is 1.38. The number of hydrogen-bond donors (Lipinski definition) is 1. The van der Waals surface area contributed by atoms with Gasteiger partial charge in [0.25, 0.3) is 8.05 Å². The summed E-state index contributed by atoms with van der Waals surface area (Å²) >= 11 is 0. The molecule has 0 saturated heterocycles. The van der Waals surface area contributed by atoms with Gasteiger partial charge in [-0.15, -0.1) is 0 Å². The van der Waals surface area contributed by atoms with Crippen LogP contribution in [0.5, 0.6) is 0 Å². The average molecular weight is 144 g/mol. The van der Waals surface area contributed by atoms with E-state index in [1.54, 1.807) is 0 Å². The van der Waals surface area contributed by atoms with Crippen LogP contribution in [0.25, 0.3) is 0 Å². The van der Waals surface area contributed by atoms with Gasteiger partial charge < -0.3 is 9.76 Å². The fourth-order valence-electron chi connectivity index (χ4n) is 0.732. The molecule has 0 radical (unpaired) electrons. The summed E-state index contributed by atoms with van der Waals surface area (Å²) in [6.45, 7) is 2.02. The summed E-state index contributed by atoms with van der Waals surface area (Å²) in [7, 11) is 1.43.